The third-order valence-electron chi connectivity index (χ3n) is 5.89. The summed E-state index contributed by atoms with van der Waals surface area (Å²) in [6.45, 7) is 4.01. The summed E-state index contributed by atoms with van der Waals surface area (Å²) in [5.74, 6) is 0.292. The fourth-order valence-corrected chi connectivity index (χ4v) is 4.68. The van der Waals surface area contributed by atoms with Gasteiger partial charge in [-0.2, -0.15) is 0 Å². The zero-order valence-electron chi connectivity index (χ0n) is 18.2. The number of hydrogen-bond acceptors (Lipinski definition) is 4. The van der Waals surface area contributed by atoms with Crippen LogP contribution in [0.25, 0.3) is 33.9 Å². The summed E-state index contributed by atoms with van der Waals surface area (Å²) in [6, 6.07) is 16.5. The standard InChI is InChI=1S/C26H20Cl2N2O3.ClH/c1-2-30-13-15(12-16-10-11-22(33-16)18-7-5-8-20(27)24(18)28)25-19(14-30)23(26(31)32)17-6-3-4-9-21(17)29-25;/h3-12H,2,13-14H2,1H3,(H,31,32);1H. The van der Waals surface area contributed by atoms with Crippen molar-refractivity contribution < 1.29 is 14.3 Å². The maximum atomic E-state index is 12.3. The van der Waals surface area contributed by atoms with Crippen LogP contribution >= 0.6 is 35.6 Å². The van der Waals surface area contributed by atoms with E-state index in [9.17, 15) is 9.90 Å². The van der Waals surface area contributed by atoms with E-state index in [0.717, 1.165) is 17.7 Å². The molecule has 0 saturated heterocycles. The third kappa shape index (κ3) is 4.32. The van der Waals surface area contributed by atoms with Gasteiger partial charge in [-0.1, -0.05) is 54.4 Å². The molecule has 2 aromatic heterocycles. The summed E-state index contributed by atoms with van der Waals surface area (Å²) in [6.07, 6.45) is 1.93. The Morgan fingerprint density at radius 3 is 2.68 bits per heavy atom. The first-order chi connectivity index (χ1) is 16.0. The minimum Gasteiger partial charge on any atom is -0.478 e. The molecule has 5 nitrogen and oxygen atoms in total. The largest absolute Gasteiger partial charge is 0.478 e. The van der Waals surface area contributed by atoms with Crippen molar-refractivity contribution in [3.05, 3.63) is 87.2 Å². The summed E-state index contributed by atoms with van der Waals surface area (Å²) in [5.41, 5.74) is 4.02. The summed E-state index contributed by atoms with van der Waals surface area (Å²) in [7, 11) is 0. The van der Waals surface area contributed by atoms with Crippen molar-refractivity contribution in [3.63, 3.8) is 0 Å². The highest BCUT2D eigenvalue weighted by molar-refractivity contribution is 6.43. The van der Waals surface area contributed by atoms with Crippen LogP contribution in [0.1, 0.15) is 34.3 Å². The fraction of sp³-hybridized carbons (Fsp3) is 0.154. The fourth-order valence-electron chi connectivity index (χ4n) is 4.29. The van der Waals surface area contributed by atoms with Crippen LogP contribution in [-0.4, -0.2) is 34.0 Å². The van der Waals surface area contributed by atoms with E-state index in [4.69, 9.17) is 32.6 Å². The average molecular weight is 516 g/mol. The van der Waals surface area contributed by atoms with E-state index >= 15 is 0 Å². The van der Waals surface area contributed by atoms with E-state index in [1.165, 1.54) is 0 Å². The molecule has 0 aliphatic carbocycles. The second-order valence-corrected chi connectivity index (χ2v) is 8.70. The van der Waals surface area contributed by atoms with Crippen molar-refractivity contribution >= 4 is 64.1 Å². The zero-order chi connectivity index (χ0) is 23.1. The van der Waals surface area contributed by atoms with Gasteiger partial charge in [0.25, 0.3) is 0 Å². The van der Waals surface area contributed by atoms with Crippen LogP contribution in [0.5, 0.6) is 0 Å². The number of carbonyl (C=O) groups is 1. The van der Waals surface area contributed by atoms with Gasteiger partial charge in [0.15, 0.2) is 0 Å². The summed E-state index contributed by atoms with van der Waals surface area (Å²) in [4.78, 5) is 19.3. The van der Waals surface area contributed by atoms with Crippen LogP contribution in [-0.2, 0) is 6.54 Å². The quantitative estimate of drug-likeness (QED) is 0.309. The lowest BCUT2D eigenvalue weighted by Gasteiger charge is -2.30. The second-order valence-electron chi connectivity index (χ2n) is 7.91. The molecule has 0 radical (unpaired) electrons. The smallest absolute Gasteiger partial charge is 0.336 e. The first-order valence-electron chi connectivity index (χ1n) is 10.6. The zero-order valence-corrected chi connectivity index (χ0v) is 20.5. The predicted octanol–water partition coefficient (Wildman–Crippen LogP) is 7.30. The number of nitrogens with zero attached hydrogens (tertiary/aromatic N) is 2. The van der Waals surface area contributed by atoms with Crippen LogP contribution in [0.2, 0.25) is 10.0 Å². The van der Waals surface area contributed by atoms with E-state index < -0.39 is 5.97 Å². The van der Waals surface area contributed by atoms with Crippen molar-refractivity contribution in [1.29, 1.82) is 0 Å². The maximum absolute atomic E-state index is 12.3. The van der Waals surface area contributed by atoms with E-state index in [1.54, 1.807) is 6.07 Å². The minimum absolute atomic E-state index is 0. The first-order valence-corrected chi connectivity index (χ1v) is 11.3. The van der Waals surface area contributed by atoms with E-state index in [-0.39, 0.29) is 12.4 Å². The number of hydrogen-bond donors (Lipinski definition) is 1. The Morgan fingerprint density at radius 2 is 1.91 bits per heavy atom. The Bertz CT molecular complexity index is 1430. The molecule has 0 spiro atoms. The Morgan fingerprint density at radius 1 is 1.12 bits per heavy atom. The predicted molar refractivity (Wildman–Crippen MR) is 139 cm³/mol. The molecular weight excluding hydrogens is 495 g/mol. The van der Waals surface area contributed by atoms with Gasteiger partial charge in [-0.3, -0.25) is 4.90 Å². The monoisotopic (exact) mass is 514 g/mol. The number of pyridine rings is 1. The Hall–Kier alpha value is -2.83. The molecule has 8 heteroatoms. The molecule has 1 aliphatic rings. The van der Waals surface area contributed by atoms with E-state index in [2.05, 4.69) is 11.8 Å². The first kappa shape index (κ1) is 24.3. The van der Waals surface area contributed by atoms with E-state index in [1.807, 2.05) is 54.6 Å². The van der Waals surface area contributed by atoms with E-state index in [0.29, 0.717) is 62.4 Å². The van der Waals surface area contributed by atoms with Gasteiger partial charge < -0.3 is 9.52 Å². The highest BCUT2D eigenvalue weighted by Gasteiger charge is 2.28. The number of rotatable bonds is 4. The Labute approximate surface area is 213 Å². The number of benzene rings is 2. The number of halogens is 3. The van der Waals surface area contributed by atoms with Gasteiger partial charge in [0.1, 0.15) is 11.5 Å². The van der Waals surface area contributed by atoms with Crippen molar-refractivity contribution in [2.75, 3.05) is 13.1 Å². The molecule has 0 bridgehead atoms. The molecule has 4 aromatic rings. The average Bonchev–Trinajstić information content (AvgIpc) is 3.27. The SMILES string of the molecule is CCN1CC(=Cc2ccc(-c3cccc(Cl)c3Cl)o2)c2nc3ccccc3c(C(=O)O)c2C1.Cl. The number of para-hydroxylation sites is 1. The van der Waals surface area contributed by atoms with Gasteiger partial charge in [-0.15, -0.1) is 12.4 Å². The summed E-state index contributed by atoms with van der Waals surface area (Å²) < 4.78 is 6.08. The number of aromatic nitrogens is 1. The summed E-state index contributed by atoms with van der Waals surface area (Å²) in [5, 5.41) is 11.6. The molecule has 0 fully saturated rings. The van der Waals surface area contributed by atoms with Crippen LogP contribution in [0.15, 0.2) is 59.0 Å². The molecule has 0 amide bonds. The Kier molecular flexibility index (Phi) is 7.01. The van der Waals surface area contributed by atoms with Crippen LogP contribution in [0.4, 0.5) is 0 Å². The van der Waals surface area contributed by atoms with Crippen molar-refractivity contribution in [2.24, 2.45) is 0 Å². The van der Waals surface area contributed by atoms with Crippen LogP contribution in [0, 0.1) is 0 Å². The normalized spacial score (nSPS) is 14.7. The van der Waals surface area contributed by atoms with Gasteiger partial charge in [-0.05, 0) is 48.5 Å². The molecule has 0 saturated carbocycles. The number of carboxylic acid groups (broad SMARTS) is 1. The molecule has 5 rings (SSSR count). The second kappa shape index (κ2) is 9.80. The van der Waals surface area contributed by atoms with Gasteiger partial charge >= 0.3 is 5.97 Å². The molecule has 3 heterocycles. The van der Waals surface area contributed by atoms with Crippen LogP contribution < -0.4 is 0 Å². The molecule has 1 aliphatic heterocycles. The number of likely N-dealkylation sites (N-methyl/N-ethyl adjacent to an activating group) is 1. The minimum atomic E-state index is -0.946. The summed E-state index contributed by atoms with van der Waals surface area (Å²) >= 11 is 12.5. The highest BCUT2D eigenvalue weighted by Crippen LogP contribution is 2.37. The number of furan rings is 1. The molecule has 0 atom stereocenters. The van der Waals surface area contributed by atoms with Crippen molar-refractivity contribution in [2.45, 2.75) is 13.5 Å². The van der Waals surface area contributed by atoms with Gasteiger partial charge in [0.2, 0.25) is 0 Å². The lowest BCUT2D eigenvalue weighted by Crippen LogP contribution is -2.31. The molecule has 34 heavy (non-hydrogen) atoms. The number of aromatic carboxylic acids is 1. The topological polar surface area (TPSA) is 66.6 Å². The van der Waals surface area contributed by atoms with Gasteiger partial charge in [0, 0.05) is 29.6 Å². The molecular formula is C26H21Cl3N2O3. The molecule has 0 unspecified atom stereocenters. The Balaban J connectivity index is 0.00000274. The lowest BCUT2D eigenvalue weighted by atomic mass is 9.92. The van der Waals surface area contributed by atoms with Gasteiger partial charge in [-0.25, -0.2) is 9.78 Å². The lowest BCUT2D eigenvalue weighted by molar-refractivity contribution is 0.0696. The van der Waals surface area contributed by atoms with Crippen LogP contribution in [0.3, 0.4) is 0 Å². The van der Waals surface area contributed by atoms with Gasteiger partial charge in [0.05, 0.1) is 26.8 Å². The molecule has 174 valence electrons. The third-order valence-corrected chi connectivity index (χ3v) is 6.71. The maximum Gasteiger partial charge on any atom is 0.336 e. The molecule has 1 N–H and O–H groups in total. The van der Waals surface area contributed by atoms with Crippen molar-refractivity contribution in [1.82, 2.24) is 9.88 Å². The molecule has 2 aromatic carbocycles. The van der Waals surface area contributed by atoms with Crippen molar-refractivity contribution in [3.8, 4) is 11.3 Å². The number of fused-ring (bicyclic) bond motifs is 2. The highest BCUT2D eigenvalue weighted by atomic mass is 35.5. The number of carboxylic acids is 1.